The average Bonchev–Trinajstić information content (AvgIpc) is 3.17. The fraction of sp³-hybridized carbons (Fsp3) is 0.250. The maximum absolute atomic E-state index is 14.0. The van der Waals surface area contributed by atoms with Gasteiger partial charge in [-0.2, -0.15) is 5.10 Å². The molecule has 2 heterocycles. The third kappa shape index (κ3) is 3.78. The van der Waals surface area contributed by atoms with Crippen molar-refractivity contribution in [2.24, 2.45) is 0 Å². The summed E-state index contributed by atoms with van der Waals surface area (Å²) in [5.41, 5.74) is 1.12. The van der Waals surface area contributed by atoms with Crippen LogP contribution in [0.25, 0.3) is 21.5 Å². The van der Waals surface area contributed by atoms with Gasteiger partial charge in [-0.15, -0.1) is 11.3 Å². The Labute approximate surface area is 155 Å². The molecule has 5 nitrogen and oxygen atoms in total. The third-order valence-corrected chi connectivity index (χ3v) is 4.86. The molecule has 0 saturated carbocycles. The summed E-state index contributed by atoms with van der Waals surface area (Å²) >= 11 is 7.13. The first kappa shape index (κ1) is 18.5. The summed E-state index contributed by atoms with van der Waals surface area (Å²) in [5.74, 6) is -0.947. The van der Waals surface area contributed by atoms with E-state index >= 15 is 0 Å². The van der Waals surface area contributed by atoms with Crippen LogP contribution in [0, 0.1) is 0 Å². The molecule has 0 aliphatic rings. The molecule has 0 bridgehead atoms. The molecule has 138 valence electrons. The van der Waals surface area contributed by atoms with Crippen molar-refractivity contribution in [3.8, 4) is 10.6 Å². The van der Waals surface area contributed by atoms with Crippen molar-refractivity contribution < 1.29 is 23.1 Å². The van der Waals surface area contributed by atoms with E-state index < -0.39 is 18.7 Å². The second-order valence-electron chi connectivity index (χ2n) is 5.41. The molecule has 0 aliphatic heterocycles. The number of anilines is 1. The minimum Gasteiger partial charge on any atom is -0.481 e. The summed E-state index contributed by atoms with van der Waals surface area (Å²) in [6, 6.07) is 7.98. The Morgan fingerprint density at radius 2 is 2.08 bits per heavy atom. The maximum Gasteiger partial charge on any atom is 0.305 e. The number of halogens is 4. The molecule has 0 fully saturated rings. The first-order chi connectivity index (χ1) is 12.4. The van der Waals surface area contributed by atoms with E-state index in [-0.39, 0.29) is 18.5 Å². The number of aromatic nitrogens is 2. The minimum absolute atomic E-state index is 0.0807. The molecule has 1 atom stereocenters. The van der Waals surface area contributed by atoms with E-state index in [0.717, 1.165) is 0 Å². The van der Waals surface area contributed by atoms with E-state index in [1.807, 2.05) is 0 Å². The SMILES string of the molecule is O=C(O)CCNc1ccc2c(c1)c(-c1ccc(Cl)s1)nn2C(F)C(F)F. The quantitative estimate of drug-likeness (QED) is 0.580. The van der Waals surface area contributed by atoms with Gasteiger partial charge in [0.2, 0.25) is 0 Å². The number of nitrogens with one attached hydrogen (secondary N) is 1. The van der Waals surface area contributed by atoms with Crippen LogP contribution in [-0.2, 0) is 4.79 Å². The van der Waals surface area contributed by atoms with Gasteiger partial charge in [0.25, 0.3) is 12.7 Å². The Morgan fingerprint density at radius 3 is 2.69 bits per heavy atom. The summed E-state index contributed by atoms with van der Waals surface area (Å²) < 4.78 is 40.8. The Morgan fingerprint density at radius 1 is 1.31 bits per heavy atom. The monoisotopic (exact) mass is 403 g/mol. The van der Waals surface area contributed by atoms with Crippen molar-refractivity contribution in [1.82, 2.24) is 9.78 Å². The van der Waals surface area contributed by atoms with Gasteiger partial charge in [0.15, 0.2) is 0 Å². The Balaban J connectivity index is 2.06. The predicted molar refractivity (Wildman–Crippen MR) is 94.9 cm³/mol. The molecular formula is C16H13ClF3N3O2S. The predicted octanol–water partition coefficient (Wildman–Crippen LogP) is 5.04. The first-order valence-electron chi connectivity index (χ1n) is 7.52. The molecule has 1 aromatic carbocycles. The topological polar surface area (TPSA) is 67.2 Å². The lowest BCUT2D eigenvalue weighted by atomic mass is 10.1. The number of fused-ring (bicyclic) bond motifs is 1. The van der Waals surface area contributed by atoms with Gasteiger partial charge in [0, 0.05) is 17.6 Å². The fourth-order valence-corrected chi connectivity index (χ4v) is 3.53. The van der Waals surface area contributed by atoms with Gasteiger partial charge < -0.3 is 10.4 Å². The summed E-state index contributed by atoms with van der Waals surface area (Å²) in [7, 11) is 0. The number of aliphatic carboxylic acids is 1. The van der Waals surface area contributed by atoms with Crippen LogP contribution in [0.3, 0.4) is 0 Å². The van der Waals surface area contributed by atoms with Gasteiger partial charge in [-0.25, -0.2) is 17.9 Å². The van der Waals surface area contributed by atoms with Gasteiger partial charge in [-0.1, -0.05) is 11.6 Å². The van der Waals surface area contributed by atoms with E-state index in [4.69, 9.17) is 16.7 Å². The second-order valence-corrected chi connectivity index (χ2v) is 7.12. The van der Waals surface area contributed by atoms with Crippen LogP contribution in [-0.4, -0.2) is 33.8 Å². The van der Waals surface area contributed by atoms with Crippen LogP contribution >= 0.6 is 22.9 Å². The number of alkyl halides is 3. The van der Waals surface area contributed by atoms with Crippen LogP contribution in [0.5, 0.6) is 0 Å². The van der Waals surface area contributed by atoms with E-state index in [1.54, 1.807) is 24.3 Å². The largest absolute Gasteiger partial charge is 0.481 e. The van der Waals surface area contributed by atoms with Gasteiger partial charge >= 0.3 is 5.97 Å². The number of carbonyl (C=O) groups is 1. The van der Waals surface area contributed by atoms with Crippen molar-refractivity contribution in [2.75, 3.05) is 11.9 Å². The number of carboxylic acid groups (broad SMARTS) is 1. The summed E-state index contributed by atoms with van der Waals surface area (Å²) in [6.45, 7) is 0.192. The molecule has 26 heavy (non-hydrogen) atoms. The highest BCUT2D eigenvalue weighted by atomic mass is 35.5. The minimum atomic E-state index is -3.22. The summed E-state index contributed by atoms with van der Waals surface area (Å²) in [6.07, 6.45) is -5.87. The molecule has 3 rings (SSSR count). The zero-order chi connectivity index (χ0) is 18.8. The van der Waals surface area contributed by atoms with Crippen LogP contribution in [0.1, 0.15) is 12.7 Å². The number of thiophene rings is 1. The lowest BCUT2D eigenvalue weighted by Gasteiger charge is -2.09. The van der Waals surface area contributed by atoms with Crippen molar-refractivity contribution in [2.45, 2.75) is 19.1 Å². The molecule has 2 aromatic heterocycles. The fourth-order valence-electron chi connectivity index (χ4n) is 2.48. The Hall–Kier alpha value is -2.26. The lowest BCUT2D eigenvalue weighted by molar-refractivity contribution is -0.136. The molecular weight excluding hydrogens is 391 g/mol. The van der Waals surface area contributed by atoms with Gasteiger partial charge in [-0.3, -0.25) is 4.79 Å². The van der Waals surface area contributed by atoms with Gasteiger partial charge in [0.05, 0.1) is 21.2 Å². The molecule has 0 spiro atoms. The molecule has 1 unspecified atom stereocenters. The maximum atomic E-state index is 14.0. The standard InChI is InChI=1S/C16H13ClF3N3O2S/c17-12-4-3-11(26-12)14-9-7-8(21-6-5-13(24)25)1-2-10(9)23(22-14)16(20)15(18)19/h1-4,7,15-16,21H,5-6H2,(H,24,25). The van der Waals surface area contributed by atoms with E-state index in [9.17, 15) is 18.0 Å². The van der Waals surface area contributed by atoms with E-state index in [0.29, 0.717) is 30.7 Å². The number of rotatable bonds is 7. The normalized spacial score (nSPS) is 12.7. The molecule has 0 radical (unpaired) electrons. The van der Waals surface area contributed by atoms with Crippen LogP contribution in [0.2, 0.25) is 4.34 Å². The molecule has 0 aliphatic carbocycles. The average molecular weight is 404 g/mol. The van der Waals surface area contributed by atoms with Gasteiger partial charge in [-0.05, 0) is 30.3 Å². The Bertz CT molecular complexity index is 944. The third-order valence-electron chi connectivity index (χ3n) is 3.62. The molecule has 2 N–H and O–H groups in total. The summed E-state index contributed by atoms with van der Waals surface area (Å²) in [4.78, 5) is 11.2. The highest BCUT2D eigenvalue weighted by Crippen LogP contribution is 2.37. The van der Waals surface area contributed by atoms with Crippen molar-refractivity contribution >= 4 is 45.5 Å². The van der Waals surface area contributed by atoms with E-state index in [1.165, 1.54) is 17.4 Å². The van der Waals surface area contributed by atoms with Crippen molar-refractivity contribution in [3.05, 3.63) is 34.7 Å². The molecule has 0 saturated heterocycles. The summed E-state index contributed by atoms with van der Waals surface area (Å²) in [5, 5.41) is 16.1. The second kappa shape index (κ2) is 7.55. The number of hydrogen-bond acceptors (Lipinski definition) is 4. The smallest absolute Gasteiger partial charge is 0.305 e. The number of carboxylic acids is 1. The van der Waals surface area contributed by atoms with Crippen LogP contribution < -0.4 is 5.32 Å². The highest BCUT2D eigenvalue weighted by Gasteiger charge is 2.26. The van der Waals surface area contributed by atoms with Crippen LogP contribution in [0.4, 0.5) is 18.9 Å². The molecule has 3 aromatic rings. The van der Waals surface area contributed by atoms with Gasteiger partial charge in [0.1, 0.15) is 5.69 Å². The highest BCUT2D eigenvalue weighted by molar-refractivity contribution is 7.19. The van der Waals surface area contributed by atoms with Crippen LogP contribution in [0.15, 0.2) is 30.3 Å². The number of hydrogen-bond donors (Lipinski definition) is 2. The zero-order valence-electron chi connectivity index (χ0n) is 13.1. The van der Waals surface area contributed by atoms with E-state index in [2.05, 4.69) is 10.4 Å². The van der Waals surface area contributed by atoms with Crippen molar-refractivity contribution in [1.29, 1.82) is 0 Å². The lowest BCUT2D eigenvalue weighted by Crippen LogP contribution is -2.13. The Kier molecular flexibility index (Phi) is 5.38. The zero-order valence-corrected chi connectivity index (χ0v) is 14.7. The van der Waals surface area contributed by atoms with Crippen molar-refractivity contribution in [3.63, 3.8) is 0 Å². The molecule has 10 heteroatoms. The number of nitrogens with zero attached hydrogens (tertiary/aromatic N) is 2. The number of benzene rings is 1. The molecule has 0 amide bonds. The first-order valence-corrected chi connectivity index (χ1v) is 8.72.